The molecule has 33 heavy (non-hydrogen) atoms. The second-order valence-corrected chi connectivity index (χ2v) is 7.37. The van der Waals surface area contributed by atoms with Crippen LogP contribution in [0.5, 0.6) is 5.75 Å². The third-order valence-corrected chi connectivity index (χ3v) is 4.80. The Morgan fingerprint density at radius 1 is 1.03 bits per heavy atom. The van der Waals surface area contributed by atoms with E-state index in [0.717, 1.165) is 24.2 Å². The molecule has 0 atom stereocenters. The van der Waals surface area contributed by atoms with Gasteiger partial charge in [-0.25, -0.2) is 9.59 Å². The zero-order chi connectivity index (χ0) is 23.5. The number of hydrogen-bond acceptors (Lipinski definition) is 6. The largest absolute Gasteiger partial charge is 0.494 e. The van der Waals surface area contributed by atoms with Gasteiger partial charge in [0, 0.05) is 18.0 Å². The van der Waals surface area contributed by atoms with Crippen molar-refractivity contribution in [3.8, 4) is 5.75 Å². The van der Waals surface area contributed by atoms with Crippen LogP contribution >= 0.6 is 0 Å². The molecule has 0 bridgehead atoms. The average molecular weight is 450 g/mol. The van der Waals surface area contributed by atoms with E-state index in [0.29, 0.717) is 24.0 Å². The average Bonchev–Trinajstić information content (AvgIpc) is 2.83. The number of para-hydroxylation sites is 1. The van der Waals surface area contributed by atoms with Crippen LogP contribution in [0.25, 0.3) is 17.0 Å². The van der Waals surface area contributed by atoms with Crippen molar-refractivity contribution >= 4 is 28.9 Å². The Balaban J connectivity index is 1.37. The van der Waals surface area contributed by atoms with Crippen molar-refractivity contribution in [3.05, 3.63) is 82.2 Å². The molecule has 1 heterocycles. The Hall–Kier alpha value is -3.87. The van der Waals surface area contributed by atoms with Crippen LogP contribution in [0.3, 0.4) is 0 Å². The first-order chi connectivity index (χ1) is 16.1. The fraction of sp³-hybridized carbons (Fsp3) is 0.269. The molecule has 3 rings (SSSR count). The molecule has 172 valence electrons. The normalized spacial score (nSPS) is 10.9. The predicted molar refractivity (Wildman–Crippen MR) is 126 cm³/mol. The third kappa shape index (κ3) is 7.35. The smallest absolute Gasteiger partial charge is 0.349 e. The van der Waals surface area contributed by atoms with E-state index in [4.69, 9.17) is 13.9 Å². The Bertz CT molecular complexity index is 1160. The van der Waals surface area contributed by atoms with Crippen molar-refractivity contribution in [3.63, 3.8) is 0 Å². The minimum Gasteiger partial charge on any atom is -0.494 e. The number of unbranched alkanes of at least 4 members (excludes halogenated alkanes) is 1. The van der Waals surface area contributed by atoms with E-state index in [-0.39, 0.29) is 18.7 Å². The van der Waals surface area contributed by atoms with Crippen LogP contribution in [0, 0.1) is 0 Å². The predicted octanol–water partition coefficient (Wildman–Crippen LogP) is 4.35. The highest BCUT2D eigenvalue weighted by molar-refractivity contribution is 5.96. The van der Waals surface area contributed by atoms with E-state index < -0.39 is 17.5 Å². The van der Waals surface area contributed by atoms with Gasteiger partial charge in [-0.1, -0.05) is 43.7 Å². The Morgan fingerprint density at radius 3 is 2.61 bits per heavy atom. The molecule has 0 radical (unpaired) electrons. The van der Waals surface area contributed by atoms with Gasteiger partial charge in [-0.15, -0.1) is 0 Å². The van der Waals surface area contributed by atoms with Crippen molar-refractivity contribution in [1.82, 2.24) is 5.32 Å². The summed E-state index contributed by atoms with van der Waals surface area (Å²) in [6, 6.07) is 15.9. The second-order valence-electron chi connectivity index (χ2n) is 7.37. The number of hydrogen-bond donors (Lipinski definition) is 1. The van der Waals surface area contributed by atoms with Gasteiger partial charge in [0.15, 0.2) is 0 Å². The number of carbonyl (C=O) groups is 2. The zero-order valence-electron chi connectivity index (χ0n) is 18.5. The van der Waals surface area contributed by atoms with Gasteiger partial charge < -0.3 is 19.2 Å². The van der Waals surface area contributed by atoms with Crippen molar-refractivity contribution in [1.29, 1.82) is 0 Å². The molecule has 0 spiro atoms. The summed E-state index contributed by atoms with van der Waals surface area (Å²) < 4.78 is 15.9. The molecule has 1 amide bonds. The summed E-state index contributed by atoms with van der Waals surface area (Å²) in [5, 5.41) is 3.31. The van der Waals surface area contributed by atoms with Crippen LogP contribution < -0.4 is 15.7 Å². The Labute approximate surface area is 192 Å². The van der Waals surface area contributed by atoms with Crippen LogP contribution in [-0.2, 0) is 9.53 Å². The van der Waals surface area contributed by atoms with Gasteiger partial charge in [0.05, 0.1) is 13.2 Å². The molecule has 7 nitrogen and oxygen atoms in total. The maximum atomic E-state index is 12.3. The molecule has 1 N–H and O–H groups in total. The number of nitrogens with one attached hydrogen (secondary N) is 1. The Kier molecular flexibility index (Phi) is 8.82. The maximum Gasteiger partial charge on any atom is 0.349 e. The van der Waals surface area contributed by atoms with Crippen molar-refractivity contribution in [2.75, 3.05) is 19.8 Å². The number of fused-ring (bicyclic) bond motifs is 1. The lowest BCUT2D eigenvalue weighted by Gasteiger charge is -2.06. The fourth-order valence-corrected chi connectivity index (χ4v) is 2.98. The summed E-state index contributed by atoms with van der Waals surface area (Å²) in [7, 11) is 0. The molecular weight excluding hydrogens is 422 g/mol. The van der Waals surface area contributed by atoms with Gasteiger partial charge in [0.2, 0.25) is 0 Å². The topological polar surface area (TPSA) is 94.8 Å². The summed E-state index contributed by atoms with van der Waals surface area (Å²) >= 11 is 0. The first kappa shape index (κ1) is 23.8. The molecule has 1 aromatic heterocycles. The zero-order valence-corrected chi connectivity index (χ0v) is 18.5. The van der Waals surface area contributed by atoms with Crippen molar-refractivity contribution in [2.24, 2.45) is 0 Å². The van der Waals surface area contributed by atoms with Crippen LogP contribution in [0.2, 0.25) is 0 Å². The summed E-state index contributed by atoms with van der Waals surface area (Å²) in [6.07, 6.45) is 5.52. The van der Waals surface area contributed by atoms with Crippen LogP contribution in [0.1, 0.15) is 42.1 Å². The van der Waals surface area contributed by atoms with Crippen molar-refractivity contribution in [2.45, 2.75) is 26.2 Å². The van der Waals surface area contributed by atoms with Crippen LogP contribution in [-0.4, -0.2) is 31.6 Å². The first-order valence-corrected chi connectivity index (χ1v) is 11.0. The van der Waals surface area contributed by atoms with E-state index in [2.05, 4.69) is 12.2 Å². The molecule has 0 saturated heterocycles. The number of esters is 1. The minimum atomic E-state index is -0.691. The Morgan fingerprint density at radius 2 is 1.82 bits per heavy atom. The van der Waals surface area contributed by atoms with E-state index >= 15 is 0 Å². The number of carbonyl (C=O) groups excluding carboxylic acids is 2. The third-order valence-electron chi connectivity index (χ3n) is 4.80. The molecule has 0 aliphatic carbocycles. The first-order valence-electron chi connectivity index (χ1n) is 11.0. The van der Waals surface area contributed by atoms with E-state index in [9.17, 15) is 14.4 Å². The summed E-state index contributed by atoms with van der Waals surface area (Å²) in [5.74, 6) is -0.200. The number of ether oxygens (including phenoxy) is 2. The molecule has 3 aromatic rings. The lowest BCUT2D eigenvalue weighted by atomic mass is 10.2. The SMILES string of the molecule is CCCCOc1ccc(/C=C/C(=O)OCCCNC(=O)c2cc3ccccc3oc2=O)cc1. The molecule has 0 aliphatic rings. The number of rotatable bonds is 11. The maximum absolute atomic E-state index is 12.3. The lowest BCUT2D eigenvalue weighted by molar-refractivity contribution is -0.137. The lowest BCUT2D eigenvalue weighted by Crippen LogP contribution is -2.29. The van der Waals surface area contributed by atoms with Crippen LogP contribution in [0.4, 0.5) is 0 Å². The summed E-state index contributed by atoms with van der Waals surface area (Å²) in [4.78, 5) is 36.1. The number of amides is 1. The van der Waals surface area contributed by atoms with E-state index in [1.54, 1.807) is 30.3 Å². The second kappa shape index (κ2) is 12.2. The van der Waals surface area contributed by atoms with Gasteiger partial charge in [-0.2, -0.15) is 0 Å². The summed E-state index contributed by atoms with van der Waals surface area (Å²) in [6.45, 7) is 3.19. The van der Waals surface area contributed by atoms with Gasteiger partial charge in [0.25, 0.3) is 5.91 Å². The molecule has 7 heteroatoms. The van der Waals surface area contributed by atoms with Crippen LogP contribution in [0.15, 0.2) is 69.9 Å². The monoisotopic (exact) mass is 449 g/mol. The highest BCUT2D eigenvalue weighted by Gasteiger charge is 2.13. The highest BCUT2D eigenvalue weighted by Crippen LogP contribution is 2.14. The molecule has 2 aromatic carbocycles. The van der Waals surface area contributed by atoms with E-state index in [1.165, 1.54) is 12.1 Å². The van der Waals surface area contributed by atoms with E-state index in [1.807, 2.05) is 24.3 Å². The summed E-state index contributed by atoms with van der Waals surface area (Å²) in [5.41, 5.74) is 0.533. The molecule has 0 unspecified atom stereocenters. The molecule has 0 saturated carbocycles. The van der Waals surface area contributed by atoms with Gasteiger partial charge in [-0.05, 0) is 48.7 Å². The molecule has 0 fully saturated rings. The van der Waals surface area contributed by atoms with Crippen molar-refractivity contribution < 1.29 is 23.5 Å². The number of benzene rings is 2. The highest BCUT2D eigenvalue weighted by atomic mass is 16.5. The standard InChI is InChI=1S/C26H27NO6/c1-2-3-16-31-21-12-9-19(10-13-21)11-14-24(28)32-17-6-15-27-25(29)22-18-20-7-4-5-8-23(20)33-26(22)30/h4-5,7-14,18H,2-3,6,15-17H2,1H3,(H,27,29)/b14-11+. The quantitative estimate of drug-likeness (QED) is 0.202. The molecular formula is C26H27NO6. The van der Waals surface area contributed by atoms with Gasteiger partial charge >= 0.3 is 11.6 Å². The van der Waals surface area contributed by atoms with Gasteiger partial charge in [-0.3, -0.25) is 4.79 Å². The van der Waals surface area contributed by atoms with Gasteiger partial charge in [0.1, 0.15) is 16.9 Å². The minimum absolute atomic E-state index is 0.0598. The molecule has 0 aliphatic heterocycles. The fourth-order valence-electron chi connectivity index (χ4n) is 2.98.